The van der Waals surface area contributed by atoms with Crippen molar-refractivity contribution in [3.8, 4) is 12.1 Å². The number of nitriles is 2. The van der Waals surface area contributed by atoms with E-state index in [-0.39, 0.29) is 77.1 Å². The van der Waals surface area contributed by atoms with Crippen molar-refractivity contribution < 1.29 is 19.8 Å². The molecule has 0 amide bonds. The van der Waals surface area contributed by atoms with Gasteiger partial charge in [-0.25, -0.2) is 0 Å². The Morgan fingerprint density at radius 1 is 0.952 bits per heavy atom. The summed E-state index contributed by atoms with van der Waals surface area (Å²) in [5, 5.41) is 42.7. The Morgan fingerprint density at radius 3 is 1.43 bits per heavy atom. The summed E-state index contributed by atoms with van der Waals surface area (Å²) in [5.74, 6) is -2.12. The van der Waals surface area contributed by atoms with Crippen LogP contribution in [-0.2, 0) is 9.59 Å². The van der Waals surface area contributed by atoms with Crippen LogP contribution in [0.2, 0.25) is 0 Å². The molecule has 0 aliphatic carbocycles. The zero-order valence-corrected chi connectivity index (χ0v) is 11.3. The van der Waals surface area contributed by atoms with Crippen molar-refractivity contribution in [3.05, 3.63) is 0 Å². The summed E-state index contributed by atoms with van der Waals surface area (Å²) in [6.45, 7) is 2.82. The SMILES string of the molecule is CC(C#N)(CCC(=O)O)/N=N/C(C)(C#N)CCC(=O)O.[KH]. The van der Waals surface area contributed by atoms with Gasteiger partial charge in [-0.05, 0) is 26.7 Å². The molecule has 0 fully saturated rings. The summed E-state index contributed by atoms with van der Waals surface area (Å²) in [5.41, 5.74) is -2.69. The Bertz CT molecular complexity index is 452. The van der Waals surface area contributed by atoms with Gasteiger partial charge in [-0.15, -0.1) is 0 Å². The quantitative estimate of drug-likeness (QED) is 0.505. The first kappa shape index (κ1) is 22.4. The van der Waals surface area contributed by atoms with E-state index in [0.717, 1.165) is 0 Å². The fourth-order valence-corrected chi connectivity index (χ4v) is 1.18. The van der Waals surface area contributed by atoms with Gasteiger partial charge in [0.25, 0.3) is 0 Å². The van der Waals surface area contributed by atoms with E-state index in [4.69, 9.17) is 20.7 Å². The van der Waals surface area contributed by atoms with Gasteiger partial charge in [-0.2, -0.15) is 20.8 Å². The molecule has 0 bridgehead atoms. The number of rotatable bonds is 8. The maximum atomic E-state index is 10.5. The van der Waals surface area contributed by atoms with E-state index in [1.165, 1.54) is 13.8 Å². The Balaban J connectivity index is 0. The zero-order chi connectivity index (χ0) is 15.8. The molecule has 0 spiro atoms. The fourth-order valence-electron chi connectivity index (χ4n) is 1.18. The van der Waals surface area contributed by atoms with E-state index >= 15 is 0 Å². The van der Waals surface area contributed by atoms with Crippen LogP contribution in [-0.4, -0.2) is 84.6 Å². The average molecular weight is 320 g/mol. The van der Waals surface area contributed by atoms with Gasteiger partial charge >= 0.3 is 63.3 Å². The number of hydrogen-bond donors (Lipinski definition) is 2. The van der Waals surface area contributed by atoms with Crippen molar-refractivity contribution in [1.29, 1.82) is 10.5 Å². The number of azo groups is 1. The second-order valence-corrected chi connectivity index (χ2v) is 4.76. The predicted octanol–water partition coefficient (Wildman–Crippen LogP) is 1.08. The first-order valence-electron chi connectivity index (χ1n) is 5.86. The van der Waals surface area contributed by atoms with Gasteiger partial charge in [0.05, 0.1) is 12.1 Å². The molecule has 2 N–H and O–H groups in total. The number of carbonyl (C=O) groups is 2. The van der Waals surface area contributed by atoms with Crippen molar-refractivity contribution in [1.82, 2.24) is 0 Å². The van der Waals surface area contributed by atoms with Crippen molar-refractivity contribution in [3.63, 3.8) is 0 Å². The minimum atomic E-state index is -1.35. The summed E-state index contributed by atoms with van der Waals surface area (Å²) >= 11 is 0. The van der Waals surface area contributed by atoms with E-state index in [2.05, 4.69) is 10.2 Å². The van der Waals surface area contributed by atoms with E-state index in [1.807, 2.05) is 12.1 Å². The Kier molecular flexibility index (Phi) is 10.7. The van der Waals surface area contributed by atoms with Crippen molar-refractivity contribution in [2.75, 3.05) is 0 Å². The molecule has 0 aliphatic heterocycles. The molecular formula is C12H17KN4O4. The topological polar surface area (TPSA) is 147 Å². The van der Waals surface area contributed by atoms with Gasteiger partial charge in [0, 0.05) is 12.8 Å². The predicted molar refractivity (Wildman–Crippen MR) is 73.8 cm³/mol. The summed E-state index contributed by atoms with van der Waals surface area (Å²) in [4.78, 5) is 21.0. The van der Waals surface area contributed by atoms with Gasteiger partial charge in [0.1, 0.15) is 0 Å². The van der Waals surface area contributed by atoms with Crippen LogP contribution in [0, 0.1) is 22.7 Å². The van der Waals surface area contributed by atoms with Crippen LogP contribution in [0.3, 0.4) is 0 Å². The molecule has 0 aliphatic rings. The van der Waals surface area contributed by atoms with Crippen LogP contribution in [0.4, 0.5) is 0 Å². The summed E-state index contributed by atoms with van der Waals surface area (Å²) < 4.78 is 0. The molecule has 0 radical (unpaired) electrons. The number of carboxylic acid groups (broad SMARTS) is 2. The molecule has 21 heavy (non-hydrogen) atoms. The Labute approximate surface area is 165 Å². The van der Waals surface area contributed by atoms with E-state index in [9.17, 15) is 9.59 Å². The van der Waals surface area contributed by atoms with Gasteiger partial charge < -0.3 is 10.2 Å². The average Bonchev–Trinajstić information content (AvgIpc) is 2.41. The van der Waals surface area contributed by atoms with Gasteiger partial charge in [0.15, 0.2) is 11.1 Å². The molecule has 8 nitrogen and oxygen atoms in total. The molecule has 0 saturated heterocycles. The molecule has 0 aromatic rings. The molecule has 0 rings (SSSR count). The Hall–Kier alpha value is -0.844. The molecule has 0 aromatic heterocycles. The molecule has 110 valence electrons. The molecule has 2 unspecified atom stereocenters. The van der Waals surface area contributed by atoms with Crippen LogP contribution in [0.25, 0.3) is 0 Å². The van der Waals surface area contributed by atoms with Crippen LogP contribution in [0.5, 0.6) is 0 Å². The first-order valence-corrected chi connectivity index (χ1v) is 5.86. The third-order valence-electron chi connectivity index (χ3n) is 2.62. The molecule has 0 aromatic carbocycles. The minimum absolute atomic E-state index is 0. The van der Waals surface area contributed by atoms with E-state index in [0.29, 0.717) is 0 Å². The van der Waals surface area contributed by atoms with Crippen LogP contribution >= 0.6 is 0 Å². The van der Waals surface area contributed by atoms with E-state index < -0.39 is 23.0 Å². The molecule has 0 saturated carbocycles. The van der Waals surface area contributed by atoms with Gasteiger partial charge in [0.2, 0.25) is 0 Å². The van der Waals surface area contributed by atoms with Crippen LogP contribution < -0.4 is 0 Å². The fraction of sp³-hybridized carbons (Fsp3) is 0.667. The molecule has 2 atom stereocenters. The summed E-state index contributed by atoms with van der Waals surface area (Å²) in [6.07, 6.45) is -0.575. The van der Waals surface area contributed by atoms with Gasteiger partial charge in [-0.3, -0.25) is 9.59 Å². The second kappa shape index (κ2) is 9.98. The number of carboxylic acids is 2. The Morgan fingerprint density at radius 2 is 1.24 bits per heavy atom. The van der Waals surface area contributed by atoms with Crippen LogP contribution in [0.1, 0.15) is 39.5 Å². The maximum absolute atomic E-state index is 10.5. The summed E-state index contributed by atoms with van der Waals surface area (Å²) in [7, 11) is 0. The standard InChI is InChI=1S/C12H16N4O4.K.H/c1-11(7-13,5-3-9(17)18)15-16-12(2,8-14)6-4-10(19)20;;/h3-6H2,1-2H3,(H,17,18)(H,19,20);;/b16-15+;;. The van der Waals surface area contributed by atoms with Crippen molar-refractivity contribution in [2.24, 2.45) is 10.2 Å². The molecule has 0 heterocycles. The third kappa shape index (κ3) is 9.66. The molecule has 9 heteroatoms. The third-order valence-corrected chi connectivity index (χ3v) is 2.62. The number of hydrogen-bond acceptors (Lipinski definition) is 6. The van der Waals surface area contributed by atoms with Crippen molar-refractivity contribution in [2.45, 2.75) is 50.6 Å². The number of aliphatic carboxylic acids is 2. The van der Waals surface area contributed by atoms with Gasteiger partial charge in [-0.1, -0.05) is 0 Å². The zero-order valence-electron chi connectivity index (χ0n) is 11.3. The first-order chi connectivity index (χ1) is 9.16. The monoisotopic (exact) mass is 320 g/mol. The van der Waals surface area contributed by atoms with E-state index in [1.54, 1.807) is 0 Å². The normalized spacial score (nSPS) is 15.8. The summed E-state index contributed by atoms with van der Waals surface area (Å²) in [6, 6.07) is 3.69. The molecular weight excluding hydrogens is 303 g/mol. The second-order valence-electron chi connectivity index (χ2n) is 4.76. The van der Waals surface area contributed by atoms with Crippen LogP contribution in [0.15, 0.2) is 10.2 Å². The number of nitrogens with zero attached hydrogens (tertiary/aromatic N) is 4. The van der Waals surface area contributed by atoms with Crippen molar-refractivity contribution >= 4 is 63.3 Å².